The van der Waals surface area contributed by atoms with E-state index in [4.69, 9.17) is 5.26 Å². The number of aromatic amines is 2. The maximum Gasteiger partial charge on any atom is 0.267 e. The first-order valence-corrected chi connectivity index (χ1v) is 3.70. The third kappa shape index (κ3) is 0.999. The molecular weight excluding hydrogens is 168 g/mol. The molecule has 2 aromatic rings. The fraction of sp³-hybridized carbons (Fsp3) is 0.125. The minimum absolute atomic E-state index is 0.108. The highest BCUT2D eigenvalue weighted by molar-refractivity contribution is 5.78. The number of aromatic nitrogens is 3. The van der Waals surface area contributed by atoms with Crippen molar-refractivity contribution in [2.24, 2.45) is 0 Å². The van der Waals surface area contributed by atoms with Crippen LogP contribution in [0.3, 0.4) is 0 Å². The van der Waals surface area contributed by atoms with Crippen LogP contribution in [0.2, 0.25) is 0 Å². The van der Waals surface area contributed by atoms with Crippen LogP contribution in [0.1, 0.15) is 11.3 Å². The van der Waals surface area contributed by atoms with Crippen LogP contribution in [0.25, 0.3) is 11.0 Å². The molecule has 0 aliphatic carbocycles. The molecule has 0 saturated carbocycles. The van der Waals surface area contributed by atoms with Gasteiger partial charge in [0.25, 0.3) is 5.56 Å². The van der Waals surface area contributed by atoms with Crippen molar-refractivity contribution >= 4 is 11.0 Å². The molecule has 0 aromatic carbocycles. The lowest BCUT2D eigenvalue weighted by molar-refractivity contribution is 1.05. The van der Waals surface area contributed by atoms with Gasteiger partial charge in [-0.15, -0.1) is 0 Å². The van der Waals surface area contributed by atoms with Gasteiger partial charge in [-0.3, -0.25) is 9.89 Å². The van der Waals surface area contributed by atoms with E-state index in [2.05, 4.69) is 15.2 Å². The van der Waals surface area contributed by atoms with Gasteiger partial charge in [-0.05, 0) is 13.0 Å². The molecule has 2 aromatic heterocycles. The Bertz CT molecular complexity index is 558. The fourth-order valence-electron chi connectivity index (χ4n) is 1.18. The first-order chi connectivity index (χ1) is 6.22. The molecule has 5 nitrogen and oxygen atoms in total. The van der Waals surface area contributed by atoms with Gasteiger partial charge in [0.2, 0.25) is 0 Å². The Balaban J connectivity index is 2.95. The Kier molecular flexibility index (Phi) is 1.43. The van der Waals surface area contributed by atoms with E-state index < -0.39 is 5.56 Å². The fourth-order valence-corrected chi connectivity index (χ4v) is 1.18. The van der Waals surface area contributed by atoms with Crippen LogP contribution in [0, 0.1) is 18.3 Å². The Morgan fingerprint density at radius 2 is 2.38 bits per heavy atom. The van der Waals surface area contributed by atoms with Gasteiger partial charge in [-0.1, -0.05) is 0 Å². The largest absolute Gasteiger partial charge is 0.304 e. The molecule has 0 saturated heterocycles. The summed E-state index contributed by atoms with van der Waals surface area (Å²) in [6.07, 6.45) is 0. The highest BCUT2D eigenvalue weighted by Gasteiger charge is 2.05. The van der Waals surface area contributed by atoms with E-state index in [1.807, 2.05) is 13.0 Å². The predicted molar refractivity (Wildman–Crippen MR) is 46.2 cm³/mol. The maximum atomic E-state index is 11.1. The first kappa shape index (κ1) is 7.55. The van der Waals surface area contributed by atoms with Crippen molar-refractivity contribution < 1.29 is 0 Å². The van der Waals surface area contributed by atoms with E-state index in [0.717, 1.165) is 11.1 Å². The normalized spacial score (nSPS) is 10.2. The molecule has 0 radical (unpaired) electrons. The van der Waals surface area contributed by atoms with Gasteiger partial charge in [0.05, 0.1) is 0 Å². The van der Waals surface area contributed by atoms with Crippen molar-refractivity contribution in [3.63, 3.8) is 0 Å². The Morgan fingerprint density at radius 1 is 1.62 bits per heavy atom. The van der Waals surface area contributed by atoms with Gasteiger partial charge < -0.3 is 4.98 Å². The standard InChI is InChI=1S/C8H6N4O/c1-4-6-2-5(3-9)8(13)10-7(6)12-11-4/h2H,1H3,(H2,10,11,12,13). The van der Waals surface area contributed by atoms with E-state index in [-0.39, 0.29) is 5.56 Å². The van der Waals surface area contributed by atoms with Crippen molar-refractivity contribution in [3.8, 4) is 6.07 Å². The van der Waals surface area contributed by atoms with Crippen LogP contribution >= 0.6 is 0 Å². The van der Waals surface area contributed by atoms with Crippen LogP contribution < -0.4 is 5.56 Å². The van der Waals surface area contributed by atoms with Crippen LogP contribution in [0.4, 0.5) is 0 Å². The number of fused-ring (bicyclic) bond motifs is 1. The molecule has 5 heteroatoms. The van der Waals surface area contributed by atoms with E-state index in [0.29, 0.717) is 5.65 Å². The summed E-state index contributed by atoms with van der Waals surface area (Å²) in [4.78, 5) is 13.7. The van der Waals surface area contributed by atoms with Gasteiger partial charge in [0.1, 0.15) is 11.6 Å². The number of hydrogen-bond acceptors (Lipinski definition) is 3. The molecule has 2 heterocycles. The molecule has 0 aliphatic rings. The number of pyridine rings is 1. The number of H-pyrrole nitrogens is 2. The first-order valence-electron chi connectivity index (χ1n) is 3.70. The van der Waals surface area contributed by atoms with E-state index in [1.54, 1.807) is 0 Å². The van der Waals surface area contributed by atoms with Gasteiger partial charge in [-0.2, -0.15) is 10.4 Å². The summed E-state index contributed by atoms with van der Waals surface area (Å²) >= 11 is 0. The minimum Gasteiger partial charge on any atom is -0.304 e. The molecule has 13 heavy (non-hydrogen) atoms. The van der Waals surface area contributed by atoms with Gasteiger partial charge in [0, 0.05) is 11.1 Å². The summed E-state index contributed by atoms with van der Waals surface area (Å²) in [6.45, 7) is 1.83. The quantitative estimate of drug-likeness (QED) is 0.607. The lowest BCUT2D eigenvalue weighted by Crippen LogP contribution is -2.09. The van der Waals surface area contributed by atoms with E-state index >= 15 is 0 Å². The average Bonchev–Trinajstić information content (AvgIpc) is 2.46. The number of nitrogens with zero attached hydrogens (tertiary/aromatic N) is 2. The van der Waals surface area contributed by atoms with Gasteiger partial charge in [-0.25, -0.2) is 0 Å². The third-order valence-electron chi connectivity index (χ3n) is 1.88. The van der Waals surface area contributed by atoms with Crippen LogP contribution in [0.5, 0.6) is 0 Å². The van der Waals surface area contributed by atoms with Crippen molar-refractivity contribution in [1.29, 1.82) is 5.26 Å². The Morgan fingerprint density at radius 3 is 3.08 bits per heavy atom. The molecule has 0 aliphatic heterocycles. The molecule has 0 atom stereocenters. The number of hydrogen-bond donors (Lipinski definition) is 2. The predicted octanol–water partition coefficient (Wildman–Crippen LogP) is 0.431. The van der Waals surface area contributed by atoms with Crippen molar-refractivity contribution in [2.45, 2.75) is 6.92 Å². The second-order valence-electron chi connectivity index (χ2n) is 2.73. The Labute approximate surface area is 73.0 Å². The molecular formula is C8H6N4O. The second-order valence-corrected chi connectivity index (χ2v) is 2.73. The zero-order valence-electron chi connectivity index (χ0n) is 6.88. The lowest BCUT2D eigenvalue weighted by Gasteiger charge is -1.89. The molecule has 0 amide bonds. The van der Waals surface area contributed by atoms with Crippen LogP contribution in [0.15, 0.2) is 10.9 Å². The van der Waals surface area contributed by atoms with E-state index in [9.17, 15) is 4.79 Å². The monoisotopic (exact) mass is 174 g/mol. The summed E-state index contributed by atoms with van der Waals surface area (Å²) in [5.74, 6) is 0. The minimum atomic E-state index is -0.401. The number of aryl methyl sites for hydroxylation is 1. The van der Waals surface area contributed by atoms with Gasteiger partial charge in [0.15, 0.2) is 5.65 Å². The topological polar surface area (TPSA) is 85.3 Å². The summed E-state index contributed by atoms with van der Waals surface area (Å²) in [7, 11) is 0. The average molecular weight is 174 g/mol. The highest BCUT2D eigenvalue weighted by Crippen LogP contribution is 2.11. The summed E-state index contributed by atoms with van der Waals surface area (Å²) in [5.41, 5.74) is 1.03. The summed E-state index contributed by atoms with van der Waals surface area (Å²) in [6, 6.07) is 3.35. The summed E-state index contributed by atoms with van der Waals surface area (Å²) < 4.78 is 0. The van der Waals surface area contributed by atoms with Crippen LogP contribution in [-0.2, 0) is 0 Å². The smallest absolute Gasteiger partial charge is 0.267 e. The molecule has 2 rings (SSSR count). The molecule has 0 fully saturated rings. The molecule has 2 N–H and O–H groups in total. The van der Waals surface area contributed by atoms with E-state index in [1.165, 1.54) is 6.07 Å². The Hall–Kier alpha value is -2.09. The summed E-state index contributed by atoms with van der Waals surface area (Å²) in [5, 5.41) is 16.0. The van der Waals surface area contributed by atoms with Crippen molar-refractivity contribution in [1.82, 2.24) is 15.2 Å². The molecule has 64 valence electrons. The lowest BCUT2D eigenvalue weighted by atomic mass is 10.2. The third-order valence-corrected chi connectivity index (χ3v) is 1.88. The van der Waals surface area contributed by atoms with Gasteiger partial charge >= 0.3 is 0 Å². The second kappa shape index (κ2) is 2.45. The van der Waals surface area contributed by atoms with Crippen molar-refractivity contribution in [3.05, 3.63) is 27.7 Å². The van der Waals surface area contributed by atoms with Crippen molar-refractivity contribution in [2.75, 3.05) is 0 Å². The molecule has 0 bridgehead atoms. The zero-order valence-corrected chi connectivity index (χ0v) is 6.88. The number of nitriles is 1. The maximum absolute atomic E-state index is 11.1. The SMILES string of the molecule is Cc1[nH]nc2[nH]c(=O)c(C#N)cc12. The van der Waals surface area contributed by atoms with Crippen LogP contribution in [-0.4, -0.2) is 15.2 Å². The number of rotatable bonds is 0. The molecule has 0 spiro atoms. The molecule has 0 unspecified atom stereocenters. The number of nitrogens with one attached hydrogen (secondary N) is 2. The zero-order chi connectivity index (χ0) is 9.42. The highest BCUT2D eigenvalue weighted by atomic mass is 16.1.